The van der Waals surface area contributed by atoms with Gasteiger partial charge >= 0.3 is 0 Å². The second-order valence-corrected chi connectivity index (χ2v) is 7.95. The minimum atomic E-state index is -3.33. The Morgan fingerprint density at radius 2 is 2.00 bits per heavy atom. The third kappa shape index (κ3) is 3.22. The second kappa shape index (κ2) is 6.08. The molecule has 2 aliphatic rings. The molecule has 0 unspecified atom stereocenters. The Morgan fingerprint density at radius 1 is 1.32 bits per heavy atom. The van der Waals surface area contributed by atoms with Gasteiger partial charge in [0.15, 0.2) is 5.82 Å². The maximum absolute atomic E-state index is 12.4. The van der Waals surface area contributed by atoms with Crippen LogP contribution in [0.25, 0.3) is 0 Å². The number of morpholine rings is 1. The van der Waals surface area contributed by atoms with Crippen molar-refractivity contribution in [3.63, 3.8) is 0 Å². The first kappa shape index (κ1) is 15.6. The van der Waals surface area contributed by atoms with Crippen molar-refractivity contribution in [2.75, 3.05) is 41.7 Å². The molecule has 1 N–H and O–H groups in total. The highest BCUT2D eigenvalue weighted by Gasteiger charge is 2.28. The standard InChI is InChI=1S/C14H24N4O3S/c1-11-13(16-22(19,20)10-12-4-3-5-12)14(17(2)15-11)18-6-8-21-9-7-18/h12,16H,3-10H2,1-2H3. The summed E-state index contributed by atoms with van der Waals surface area (Å²) < 4.78 is 34.7. The van der Waals surface area contributed by atoms with Crippen LogP contribution in [0.4, 0.5) is 11.5 Å². The number of nitrogens with one attached hydrogen (secondary N) is 1. The summed E-state index contributed by atoms with van der Waals surface area (Å²) in [5.74, 6) is 1.35. The zero-order valence-electron chi connectivity index (χ0n) is 13.2. The molecular formula is C14H24N4O3S. The molecule has 1 aromatic heterocycles. The van der Waals surface area contributed by atoms with Crippen LogP contribution in [-0.4, -0.2) is 50.3 Å². The molecule has 1 saturated carbocycles. The summed E-state index contributed by atoms with van der Waals surface area (Å²) in [5, 5.41) is 4.39. The van der Waals surface area contributed by atoms with Crippen LogP contribution >= 0.6 is 0 Å². The summed E-state index contributed by atoms with van der Waals surface area (Å²) in [6, 6.07) is 0. The molecule has 0 aromatic carbocycles. The van der Waals surface area contributed by atoms with E-state index in [1.54, 1.807) is 4.68 Å². The van der Waals surface area contributed by atoms with Crippen LogP contribution in [-0.2, 0) is 21.8 Å². The largest absolute Gasteiger partial charge is 0.378 e. The van der Waals surface area contributed by atoms with E-state index in [0.717, 1.165) is 38.2 Å². The highest BCUT2D eigenvalue weighted by molar-refractivity contribution is 7.92. The first-order valence-corrected chi connectivity index (χ1v) is 9.48. The van der Waals surface area contributed by atoms with E-state index in [1.165, 1.54) is 0 Å². The first-order valence-electron chi connectivity index (χ1n) is 7.83. The molecule has 0 spiro atoms. The molecule has 7 nitrogen and oxygen atoms in total. The molecule has 1 aliphatic carbocycles. The number of hydrogen-bond acceptors (Lipinski definition) is 5. The van der Waals surface area contributed by atoms with Crippen molar-refractivity contribution in [3.05, 3.63) is 5.69 Å². The van der Waals surface area contributed by atoms with Gasteiger partial charge in [0.25, 0.3) is 0 Å². The van der Waals surface area contributed by atoms with Gasteiger partial charge < -0.3 is 9.64 Å². The lowest BCUT2D eigenvalue weighted by molar-refractivity contribution is 0.122. The Hall–Kier alpha value is -1.28. The predicted molar refractivity (Wildman–Crippen MR) is 85.7 cm³/mol. The Kier molecular flexibility index (Phi) is 4.31. The van der Waals surface area contributed by atoms with Gasteiger partial charge in [-0.25, -0.2) is 8.42 Å². The van der Waals surface area contributed by atoms with Gasteiger partial charge in [-0.1, -0.05) is 6.42 Å². The number of rotatable bonds is 5. The van der Waals surface area contributed by atoms with E-state index in [0.29, 0.717) is 30.5 Å². The van der Waals surface area contributed by atoms with Crippen molar-refractivity contribution in [2.24, 2.45) is 13.0 Å². The van der Waals surface area contributed by atoms with Crippen LogP contribution in [0.1, 0.15) is 25.0 Å². The fourth-order valence-corrected chi connectivity index (χ4v) is 4.66. The van der Waals surface area contributed by atoms with Gasteiger partial charge in [-0.15, -0.1) is 0 Å². The van der Waals surface area contributed by atoms with E-state index in [9.17, 15) is 8.42 Å². The van der Waals surface area contributed by atoms with Crippen molar-refractivity contribution in [2.45, 2.75) is 26.2 Å². The molecule has 1 aromatic rings. The smallest absolute Gasteiger partial charge is 0.233 e. The lowest BCUT2D eigenvalue weighted by Gasteiger charge is -2.30. The number of nitrogens with zero attached hydrogens (tertiary/aromatic N) is 3. The molecule has 1 aliphatic heterocycles. The van der Waals surface area contributed by atoms with Gasteiger partial charge in [-0.3, -0.25) is 9.40 Å². The second-order valence-electron chi connectivity index (χ2n) is 6.19. The summed E-state index contributed by atoms with van der Waals surface area (Å²) in [7, 11) is -1.48. The number of hydrogen-bond donors (Lipinski definition) is 1. The van der Waals surface area contributed by atoms with E-state index in [-0.39, 0.29) is 5.75 Å². The molecule has 8 heteroatoms. The molecule has 124 valence electrons. The minimum Gasteiger partial charge on any atom is -0.378 e. The zero-order valence-corrected chi connectivity index (χ0v) is 14.0. The SMILES string of the molecule is Cc1nn(C)c(N2CCOCC2)c1NS(=O)(=O)CC1CCC1. The van der Waals surface area contributed by atoms with Crippen molar-refractivity contribution in [1.29, 1.82) is 0 Å². The van der Waals surface area contributed by atoms with Crippen molar-refractivity contribution in [3.8, 4) is 0 Å². The Balaban J connectivity index is 1.82. The average Bonchev–Trinajstić information content (AvgIpc) is 2.69. The number of anilines is 2. The summed E-state index contributed by atoms with van der Waals surface area (Å²) in [4.78, 5) is 2.13. The topological polar surface area (TPSA) is 76.5 Å². The number of aromatic nitrogens is 2. The van der Waals surface area contributed by atoms with Crippen LogP contribution < -0.4 is 9.62 Å². The molecule has 2 heterocycles. The van der Waals surface area contributed by atoms with Crippen LogP contribution in [0, 0.1) is 12.8 Å². The van der Waals surface area contributed by atoms with Crippen LogP contribution in [0.3, 0.4) is 0 Å². The molecular weight excluding hydrogens is 304 g/mol. The Morgan fingerprint density at radius 3 is 2.59 bits per heavy atom. The first-order chi connectivity index (χ1) is 10.5. The molecule has 1 saturated heterocycles. The molecule has 22 heavy (non-hydrogen) atoms. The highest BCUT2D eigenvalue weighted by atomic mass is 32.2. The monoisotopic (exact) mass is 328 g/mol. The molecule has 0 amide bonds. The fraction of sp³-hybridized carbons (Fsp3) is 0.786. The van der Waals surface area contributed by atoms with E-state index < -0.39 is 10.0 Å². The van der Waals surface area contributed by atoms with Gasteiger partial charge in [0.05, 0.1) is 24.7 Å². The van der Waals surface area contributed by atoms with E-state index in [2.05, 4.69) is 14.7 Å². The van der Waals surface area contributed by atoms with Crippen LogP contribution in [0.15, 0.2) is 0 Å². The van der Waals surface area contributed by atoms with Gasteiger partial charge in [-0.05, 0) is 25.7 Å². The molecule has 3 rings (SSSR count). The fourth-order valence-electron chi connectivity index (χ4n) is 3.07. The van der Waals surface area contributed by atoms with Gasteiger partial charge in [0.2, 0.25) is 10.0 Å². The average molecular weight is 328 g/mol. The van der Waals surface area contributed by atoms with Crippen LogP contribution in [0.2, 0.25) is 0 Å². The number of ether oxygens (including phenoxy) is 1. The van der Waals surface area contributed by atoms with Crippen molar-refractivity contribution >= 4 is 21.5 Å². The molecule has 0 atom stereocenters. The zero-order chi connectivity index (χ0) is 15.7. The normalized spacial score (nSPS) is 20.0. The Labute approximate surface area is 131 Å². The summed E-state index contributed by atoms with van der Waals surface area (Å²) in [6.45, 7) is 4.63. The van der Waals surface area contributed by atoms with Crippen LogP contribution in [0.5, 0.6) is 0 Å². The predicted octanol–water partition coefficient (Wildman–Crippen LogP) is 1.11. The number of aryl methyl sites for hydroxylation is 2. The molecule has 0 bridgehead atoms. The maximum Gasteiger partial charge on any atom is 0.233 e. The quantitative estimate of drug-likeness (QED) is 0.876. The Bertz CT molecular complexity index is 631. The molecule has 2 fully saturated rings. The summed E-state index contributed by atoms with van der Waals surface area (Å²) in [5.41, 5.74) is 1.32. The van der Waals surface area contributed by atoms with Gasteiger partial charge in [-0.2, -0.15) is 5.10 Å². The van der Waals surface area contributed by atoms with E-state index in [4.69, 9.17) is 4.74 Å². The third-order valence-electron chi connectivity index (χ3n) is 4.44. The van der Waals surface area contributed by atoms with E-state index >= 15 is 0 Å². The highest BCUT2D eigenvalue weighted by Crippen LogP contribution is 2.32. The third-order valence-corrected chi connectivity index (χ3v) is 5.87. The minimum absolute atomic E-state index is 0.212. The van der Waals surface area contributed by atoms with Crippen molar-refractivity contribution < 1.29 is 13.2 Å². The van der Waals surface area contributed by atoms with E-state index in [1.807, 2.05) is 14.0 Å². The van der Waals surface area contributed by atoms with Crippen molar-refractivity contribution in [1.82, 2.24) is 9.78 Å². The summed E-state index contributed by atoms with van der Waals surface area (Å²) in [6.07, 6.45) is 3.18. The number of sulfonamides is 1. The molecule has 0 radical (unpaired) electrons. The summed E-state index contributed by atoms with van der Waals surface area (Å²) >= 11 is 0. The lowest BCUT2D eigenvalue weighted by Crippen LogP contribution is -2.38. The van der Waals surface area contributed by atoms with Gasteiger partial charge in [0.1, 0.15) is 5.69 Å². The maximum atomic E-state index is 12.4. The van der Waals surface area contributed by atoms with Gasteiger partial charge in [0, 0.05) is 20.1 Å². The lowest BCUT2D eigenvalue weighted by atomic mass is 9.87.